The second-order valence-corrected chi connectivity index (χ2v) is 2.72. The second kappa shape index (κ2) is 2.06. The molecule has 1 unspecified atom stereocenters. The van der Waals surface area contributed by atoms with Crippen molar-refractivity contribution in [3.05, 3.63) is 29.6 Å². The van der Waals surface area contributed by atoms with Crippen LogP contribution in [0.4, 0.5) is 0 Å². The lowest BCUT2D eigenvalue weighted by atomic mass is 10.1. The highest BCUT2D eigenvalue weighted by Crippen LogP contribution is 2.27. The Morgan fingerprint density at radius 1 is 1.60 bits per heavy atom. The summed E-state index contributed by atoms with van der Waals surface area (Å²) in [5, 5.41) is 0. The number of nitrogens with zero attached hydrogens (tertiary/aromatic N) is 1. The SMILES string of the molecule is NC1CCc2cnccc21. The molecule has 0 amide bonds. The molecule has 0 radical (unpaired) electrons. The molecule has 0 saturated heterocycles. The van der Waals surface area contributed by atoms with E-state index in [0.717, 1.165) is 12.8 Å². The first-order valence-electron chi connectivity index (χ1n) is 3.56. The third-order valence-electron chi connectivity index (χ3n) is 2.07. The molecule has 52 valence electrons. The average molecular weight is 134 g/mol. The van der Waals surface area contributed by atoms with E-state index in [-0.39, 0.29) is 6.04 Å². The van der Waals surface area contributed by atoms with Crippen molar-refractivity contribution in [3.63, 3.8) is 0 Å². The van der Waals surface area contributed by atoms with Gasteiger partial charge in [-0.3, -0.25) is 4.98 Å². The summed E-state index contributed by atoms with van der Waals surface area (Å²) in [5.74, 6) is 0. The smallest absolute Gasteiger partial charge is 0.0303 e. The molecule has 0 saturated carbocycles. The Labute approximate surface area is 60.1 Å². The predicted octanol–water partition coefficient (Wildman–Crippen LogP) is 1.03. The molecule has 2 heteroatoms. The van der Waals surface area contributed by atoms with Gasteiger partial charge in [-0.05, 0) is 30.0 Å². The van der Waals surface area contributed by atoms with Crippen LogP contribution in [0.2, 0.25) is 0 Å². The van der Waals surface area contributed by atoms with Crippen molar-refractivity contribution in [1.29, 1.82) is 0 Å². The number of fused-ring (bicyclic) bond motifs is 1. The summed E-state index contributed by atoms with van der Waals surface area (Å²) in [4.78, 5) is 4.04. The Kier molecular flexibility index (Phi) is 1.21. The maximum absolute atomic E-state index is 5.82. The lowest BCUT2D eigenvalue weighted by molar-refractivity contribution is 0.713. The maximum atomic E-state index is 5.82. The van der Waals surface area contributed by atoms with Gasteiger partial charge in [0.25, 0.3) is 0 Å². The van der Waals surface area contributed by atoms with E-state index in [9.17, 15) is 0 Å². The van der Waals surface area contributed by atoms with Crippen molar-refractivity contribution in [2.75, 3.05) is 0 Å². The fourth-order valence-electron chi connectivity index (χ4n) is 1.48. The standard InChI is InChI=1S/C8H10N2/c9-8-2-1-6-5-10-4-3-7(6)8/h3-5,8H,1-2,9H2. The van der Waals surface area contributed by atoms with Crippen LogP contribution in [-0.2, 0) is 6.42 Å². The van der Waals surface area contributed by atoms with Gasteiger partial charge in [-0.2, -0.15) is 0 Å². The van der Waals surface area contributed by atoms with Crippen molar-refractivity contribution in [2.45, 2.75) is 18.9 Å². The molecule has 1 atom stereocenters. The molecule has 0 bridgehead atoms. The third kappa shape index (κ3) is 0.727. The van der Waals surface area contributed by atoms with E-state index in [1.54, 1.807) is 0 Å². The van der Waals surface area contributed by atoms with Gasteiger partial charge in [0, 0.05) is 18.4 Å². The van der Waals surface area contributed by atoms with E-state index in [1.165, 1.54) is 11.1 Å². The van der Waals surface area contributed by atoms with Crippen molar-refractivity contribution in [3.8, 4) is 0 Å². The van der Waals surface area contributed by atoms with Crippen LogP contribution < -0.4 is 5.73 Å². The highest BCUT2D eigenvalue weighted by Gasteiger charge is 2.17. The highest BCUT2D eigenvalue weighted by atomic mass is 14.7. The summed E-state index contributed by atoms with van der Waals surface area (Å²) in [6.07, 6.45) is 5.91. The highest BCUT2D eigenvalue weighted by molar-refractivity contribution is 5.30. The first kappa shape index (κ1) is 5.86. The van der Waals surface area contributed by atoms with Gasteiger partial charge in [-0.15, -0.1) is 0 Å². The summed E-state index contributed by atoms with van der Waals surface area (Å²) in [5.41, 5.74) is 8.43. The normalized spacial score (nSPS) is 22.7. The Bertz CT molecular complexity index is 245. The van der Waals surface area contributed by atoms with Crippen LogP contribution in [-0.4, -0.2) is 4.98 Å². The Hall–Kier alpha value is -0.890. The van der Waals surface area contributed by atoms with E-state index in [0.29, 0.717) is 0 Å². The van der Waals surface area contributed by atoms with Crippen molar-refractivity contribution in [2.24, 2.45) is 5.73 Å². The third-order valence-corrected chi connectivity index (χ3v) is 2.07. The summed E-state index contributed by atoms with van der Waals surface area (Å²) in [6.45, 7) is 0. The summed E-state index contributed by atoms with van der Waals surface area (Å²) in [7, 11) is 0. The minimum Gasteiger partial charge on any atom is -0.324 e. The van der Waals surface area contributed by atoms with Crippen molar-refractivity contribution in [1.82, 2.24) is 4.98 Å². The molecule has 10 heavy (non-hydrogen) atoms. The number of aromatic nitrogens is 1. The Morgan fingerprint density at radius 2 is 2.50 bits per heavy atom. The maximum Gasteiger partial charge on any atom is 0.0303 e. The van der Waals surface area contributed by atoms with Gasteiger partial charge in [-0.25, -0.2) is 0 Å². The monoisotopic (exact) mass is 134 g/mol. The van der Waals surface area contributed by atoms with E-state index in [2.05, 4.69) is 4.98 Å². The number of pyridine rings is 1. The number of aryl methyl sites for hydroxylation is 1. The molecule has 1 aliphatic rings. The topological polar surface area (TPSA) is 38.9 Å². The van der Waals surface area contributed by atoms with E-state index in [4.69, 9.17) is 5.73 Å². The first-order chi connectivity index (χ1) is 4.88. The quantitative estimate of drug-likeness (QED) is 0.575. The molecule has 1 aliphatic carbocycles. The Morgan fingerprint density at radius 3 is 3.30 bits per heavy atom. The molecule has 0 fully saturated rings. The van der Waals surface area contributed by atoms with Crippen LogP contribution in [0, 0.1) is 0 Å². The zero-order valence-electron chi connectivity index (χ0n) is 5.75. The number of hydrogen-bond acceptors (Lipinski definition) is 2. The minimum absolute atomic E-state index is 0.262. The van der Waals surface area contributed by atoms with Crippen LogP contribution in [0.5, 0.6) is 0 Å². The molecule has 0 aliphatic heterocycles. The fourth-order valence-corrected chi connectivity index (χ4v) is 1.48. The predicted molar refractivity (Wildman–Crippen MR) is 39.5 cm³/mol. The Balaban J connectivity index is 2.51. The molecule has 2 rings (SSSR count). The lowest BCUT2D eigenvalue weighted by Gasteiger charge is -2.01. The van der Waals surface area contributed by atoms with Gasteiger partial charge in [0.05, 0.1) is 0 Å². The molecular formula is C8H10N2. The summed E-state index contributed by atoms with van der Waals surface area (Å²) >= 11 is 0. The summed E-state index contributed by atoms with van der Waals surface area (Å²) in [6, 6.07) is 2.28. The van der Waals surface area contributed by atoms with Crippen molar-refractivity contribution >= 4 is 0 Å². The zero-order valence-corrected chi connectivity index (χ0v) is 5.75. The zero-order chi connectivity index (χ0) is 6.97. The fraction of sp³-hybridized carbons (Fsp3) is 0.375. The molecule has 1 aromatic heterocycles. The van der Waals surface area contributed by atoms with Crippen LogP contribution >= 0.6 is 0 Å². The van der Waals surface area contributed by atoms with Gasteiger partial charge in [-0.1, -0.05) is 0 Å². The van der Waals surface area contributed by atoms with E-state index >= 15 is 0 Å². The average Bonchev–Trinajstić information content (AvgIpc) is 2.34. The first-order valence-corrected chi connectivity index (χ1v) is 3.56. The van der Waals surface area contributed by atoms with Gasteiger partial charge in [0.15, 0.2) is 0 Å². The van der Waals surface area contributed by atoms with Crippen LogP contribution in [0.15, 0.2) is 18.5 Å². The molecule has 0 spiro atoms. The lowest BCUT2D eigenvalue weighted by Crippen LogP contribution is -2.04. The number of hydrogen-bond donors (Lipinski definition) is 1. The van der Waals surface area contributed by atoms with E-state index < -0.39 is 0 Å². The number of rotatable bonds is 0. The van der Waals surface area contributed by atoms with Crippen LogP contribution in [0.1, 0.15) is 23.6 Å². The molecule has 0 aromatic carbocycles. The van der Waals surface area contributed by atoms with Gasteiger partial charge >= 0.3 is 0 Å². The second-order valence-electron chi connectivity index (χ2n) is 2.72. The molecule has 1 aromatic rings. The molecular weight excluding hydrogens is 124 g/mol. The van der Waals surface area contributed by atoms with Gasteiger partial charge in [0.2, 0.25) is 0 Å². The molecule has 2 N–H and O–H groups in total. The van der Waals surface area contributed by atoms with Crippen LogP contribution in [0.25, 0.3) is 0 Å². The van der Waals surface area contributed by atoms with Crippen LogP contribution in [0.3, 0.4) is 0 Å². The minimum atomic E-state index is 0.262. The van der Waals surface area contributed by atoms with Gasteiger partial charge < -0.3 is 5.73 Å². The number of nitrogens with two attached hydrogens (primary N) is 1. The summed E-state index contributed by atoms with van der Waals surface area (Å²) < 4.78 is 0. The molecule has 1 heterocycles. The van der Waals surface area contributed by atoms with E-state index in [1.807, 2.05) is 18.5 Å². The molecule has 2 nitrogen and oxygen atoms in total. The largest absolute Gasteiger partial charge is 0.324 e. The van der Waals surface area contributed by atoms with Crippen molar-refractivity contribution < 1.29 is 0 Å². The van der Waals surface area contributed by atoms with Gasteiger partial charge in [0.1, 0.15) is 0 Å².